The Morgan fingerprint density at radius 2 is 1.94 bits per heavy atom. The molecule has 1 aliphatic rings. The summed E-state index contributed by atoms with van der Waals surface area (Å²) in [6, 6.07) is 7.26. The van der Waals surface area contributed by atoms with Crippen LogP contribution in [0.15, 0.2) is 24.3 Å². The Bertz CT molecular complexity index is 352. The van der Waals surface area contributed by atoms with Crippen molar-refractivity contribution in [2.24, 2.45) is 0 Å². The highest BCUT2D eigenvalue weighted by molar-refractivity contribution is 5.89. The van der Waals surface area contributed by atoms with Crippen molar-refractivity contribution in [3.05, 3.63) is 35.4 Å². The van der Waals surface area contributed by atoms with Crippen LogP contribution in [0.5, 0.6) is 0 Å². The zero-order chi connectivity index (χ0) is 11.4. The quantitative estimate of drug-likeness (QED) is 0.725. The highest BCUT2D eigenvalue weighted by Crippen LogP contribution is 2.13. The van der Waals surface area contributed by atoms with Gasteiger partial charge >= 0.3 is 5.97 Å². The molecule has 0 amide bonds. The maximum Gasteiger partial charge on any atom is 0.337 e. The van der Waals surface area contributed by atoms with Gasteiger partial charge in [0, 0.05) is 6.42 Å². The fraction of sp³-hybridized carbons (Fsp3) is 0.417. The lowest BCUT2D eigenvalue weighted by Crippen LogP contribution is -2.11. The van der Waals surface area contributed by atoms with Crippen LogP contribution in [-0.2, 0) is 20.6 Å². The highest BCUT2D eigenvalue weighted by Gasteiger charge is 2.16. The van der Waals surface area contributed by atoms with E-state index < -0.39 is 0 Å². The first-order valence-corrected chi connectivity index (χ1v) is 5.20. The van der Waals surface area contributed by atoms with Gasteiger partial charge in [-0.1, -0.05) is 12.1 Å². The molecule has 0 aliphatic carbocycles. The van der Waals surface area contributed by atoms with Gasteiger partial charge in [0.25, 0.3) is 0 Å². The van der Waals surface area contributed by atoms with Crippen molar-refractivity contribution in [2.75, 3.05) is 20.3 Å². The SMILES string of the molecule is COC(=O)c1ccc(CC2OCCO2)cc1. The van der Waals surface area contributed by atoms with Crippen molar-refractivity contribution in [2.45, 2.75) is 12.7 Å². The molecule has 1 heterocycles. The van der Waals surface area contributed by atoms with Crippen molar-refractivity contribution in [3.8, 4) is 0 Å². The van der Waals surface area contributed by atoms with Crippen LogP contribution in [0.4, 0.5) is 0 Å². The number of benzene rings is 1. The van der Waals surface area contributed by atoms with Crippen molar-refractivity contribution < 1.29 is 19.0 Å². The molecule has 2 rings (SSSR count). The van der Waals surface area contributed by atoms with Gasteiger partial charge < -0.3 is 14.2 Å². The largest absolute Gasteiger partial charge is 0.465 e. The second-order valence-electron chi connectivity index (χ2n) is 3.56. The van der Waals surface area contributed by atoms with Crippen LogP contribution in [0.2, 0.25) is 0 Å². The summed E-state index contributed by atoms with van der Waals surface area (Å²) in [7, 11) is 1.37. The van der Waals surface area contributed by atoms with Gasteiger partial charge in [-0.15, -0.1) is 0 Å². The van der Waals surface area contributed by atoms with E-state index in [0.29, 0.717) is 25.2 Å². The van der Waals surface area contributed by atoms with Gasteiger partial charge in [0.1, 0.15) is 0 Å². The van der Waals surface area contributed by atoms with E-state index >= 15 is 0 Å². The molecular weight excluding hydrogens is 208 g/mol. The molecular formula is C12H14O4. The molecule has 0 atom stereocenters. The van der Waals surface area contributed by atoms with Crippen LogP contribution in [0.1, 0.15) is 15.9 Å². The summed E-state index contributed by atoms with van der Waals surface area (Å²) in [5, 5.41) is 0. The number of carbonyl (C=O) groups is 1. The molecule has 4 nitrogen and oxygen atoms in total. The third-order valence-corrected chi connectivity index (χ3v) is 2.47. The van der Waals surface area contributed by atoms with Gasteiger partial charge in [-0.05, 0) is 17.7 Å². The van der Waals surface area contributed by atoms with E-state index in [1.807, 2.05) is 12.1 Å². The van der Waals surface area contributed by atoms with Crippen LogP contribution in [0, 0.1) is 0 Å². The Labute approximate surface area is 94.1 Å². The summed E-state index contributed by atoms with van der Waals surface area (Å²) in [5.41, 5.74) is 1.64. The van der Waals surface area contributed by atoms with E-state index in [1.54, 1.807) is 12.1 Å². The predicted octanol–water partition coefficient (Wildman–Crippen LogP) is 1.39. The monoisotopic (exact) mass is 222 g/mol. The summed E-state index contributed by atoms with van der Waals surface area (Å²) < 4.78 is 15.3. The lowest BCUT2D eigenvalue weighted by Gasteiger charge is -2.08. The van der Waals surface area contributed by atoms with E-state index in [1.165, 1.54) is 7.11 Å². The van der Waals surface area contributed by atoms with E-state index in [4.69, 9.17) is 9.47 Å². The number of esters is 1. The van der Waals surface area contributed by atoms with Crippen LogP contribution < -0.4 is 0 Å². The van der Waals surface area contributed by atoms with Gasteiger partial charge in [0.15, 0.2) is 6.29 Å². The number of methoxy groups -OCH3 is 1. The Morgan fingerprint density at radius 3 is 2.50 bits per heavy atom. The van der Waals surface area contributed by atoms with Gasteiger partial charge in [-0.2, -0.15) is 0 Å². The van der Waals surface area contributed by atoms with Crippen molar-refractivity contribution in [1.82, 2.24) is 0 Å². The zero-order valence-electron chi connectivity index (χ0n) is 9.14. The summed E-state index contributed by atoms with van der Waals surface area (Å²) in [4.78, 5) is 11.2. The Balaban J connectivity index is 1.98. The number of carbonyl (C=O) groups excluding carboxylic acids is 1. The lowest BCUT2D eigenvalue weighted by atomic mass is 10.1. The van der Waals surface area contributed by atoms with Gasteiger partial charge in [-0.25, -0.2) is 4.79 Å². The number of hydrogen-bond acceptors (Lipinski definition) is 4. The molecule has 1 saturated heterocycles. The van der Waals surface area contributed by atoms with Crippen molar-refractivity contribution in [1.29, 1.82) is 0 Å². The minimum atomic E-state index is -0.320. The fourth-order valence-electron chi connectivity index (χ4n) is 1.61. The smallest absolute Gasteiger partial charge is 0.337 e. The summed E-state index contributed by atoms with van der Waals surface area (Å²) in [6.07, 6.45) is 0.561. The predicted molar refractivity (Wildman–Crippen MR) is 57.2 cm³/mol. The topological polar surface area (TPSA) is 44.8 Å². The van der Waals surface area contributed by atoms with E-state index in [0.717, 1.165) is 5.56 Å². The molecule has 1 fully saturated rings. The van der Waals surface area contributed by atoms with Crippen LogP contribution in [0.25, 0.3) is 0 Å². The maximum atomic E-state index is 11.2. The van der Waals surface area contributed by atoms with Crippen LogP contribution >= 0.6 is 0 Å². The third-order valence-electron chi connectivity index (χ3n) is 2.47. The number of hydrogen-bond donors (Lipinski definition) is 0. The third kappa shape index (κ3) is 2.59. The Morgan fingerprint density at radius 1 is 1.31 bits per heavy atom. The Hall–Kier alpha value is -1.39. The molecule has 16 heavy (non-hydrogen) atoms. The van der Waals surface area contributed by atoms with E-state index in [2.05, 4.69) is 4.74 Å². The average molecular weight is 222 g/mol. The molecule has 0 spiro atoms. The maximum absolute atomic E-state index is 11.2. The first kappa shape index (κ1) is 11.1. The molecule has 4 heteroatoms. The molecule has 0 N–H and O–H groups in total. The van der Waals surface area contributed by atoms with Gasteiger partial charge in [0.05, 0.1) is 25.9 Å². The number of rotatable bonds is 3. The number of ether oxygens (including phenoxy) is 3. The highest BCUT2D eigenvalue weighted by atomic mass is 16.7. The summed E-state index contributed by atoms with van der Waals surface area (Å²) >= 11 is 0. The van der Waals surface area contributed by atoms with Crippen LogP contribution in [0.3, 0.4) is 0 Å². The Kier molecular flexibility index (Phi) is 3.54. The lowest BCUT2D eigenvalue weighted by molar-refractivity contribution is -0.0399. The molecule has 0 aromatic heterocycles. The van der Waals surface area contributed by atoms with E-state index in [9.17, 15) is 4.79 Å². The summed E-state index contributed by atoms with van der Waals surface area (Å²) in [5.74, 6) is -0.320. The molecule has 86 valence electrons. The summed E-state index contributed by atoms with van der Waals surface area (Å²) in [6.45, 7) is 1.32. The molecule has 0 radical (unpaired) electrons. The first-order valence-electron chi connectivity index (χ1n) is 5.20. The minimum absolute atomic E-state index is 0.149. The normalized spacial score (nSPS) is 16.3. The second kappa shape index (κ2) is 5.09. The fourth-order valence-corrected chi connectivity index (χ4v) is 1.61. The standard InChI is InChI=1S/C12H14O4/c1-14-12(13)10-4-2-9(3-5-10)8-11-15-6-7-16-11/h2-5,11H,6-8H2,1H3. The molecule has 1 aromatic rings. The zero-order valence-corrected chi connectivity index (χ0v) is 9.14. The molecule has 0 saturated carbocycles. The van der Waals surface area contributed by atoms with Gasteiger partial charge in [-0.3, -0.25) is 0 Å². The molecule has 0 bridgehead atoms. The van der Waals surface area contributed by atoms with Crippen LogP contribution in [-0.4, -0.2) is 32.6 Å². The average Bonchev–Trinajstić information content (AvgIpc) is 2.82. The second-order valence-corrected chi connectivity index (χ2v) is 3.56. The van der Waals surface area contributed by atoms with E-state index in [-0.39, 0.29) is 12.3 Å². The molecule has 1 aliphatic heterocycles. The van der Waals surface area contributed by atoms with Crippen molar-refractivity contribution in [3.63, 3.8) is 0 Å². The first-order chi connectivity index (χ1) is 7.79. The molecule has 0 unspecified atom stereocenters. The van der Waals surface area contributed by atoms with Gasteiger partial charge in [0.2, 0.25) is 0 Å². The molecule has 1 aromatic carbocycles. The van der Waals surface area contributed by atoms with Crippen molar-refractivity contribution >= 4 is 5.97 Å². The minimum Gasteiger partial charge on any atom is -0.465 e.